The second-order valence-electron chi connectivity index (χ2n) is 5.90. The molecule has 1 atom stereocenters. The van der Waals surface area contributed by atoms with Crippen molar-refractivity contribution in [3.8, 4) is 0 Å². The van der Waals surface area contributed by atoms with Gasteiger partial charge < -0.3 is 14.5 Å². The van der Waals surface area contributed by atoms with Gasteiger partial charge in [0.15, 0.2) is 0 Å². The molecule has 3 rings (SSSR count). The zero-order chi connectivity index (χ0) is 16.2. The van der Waals surface area contributed by atoms with Gasteiger partial charge in [0.1, 0.15) is 12.6 Å². The van der Waals surface area contributed by atoms with Crippen molar-refractivity contribution in [3.05, 3.63) is 22.4 Å². The highest BCUT2D eigenvalue weighted by Crippen LogP contribution is 2.17. The average Bonchev–Trinajstić information content (AvgIpc) is 3.04. The van der Waals surface area contributed by atoms with Crippen LogP contribution in [-0.4, -0.2) is 79.1 Å². The fourth-order valence-corrected chi connectivity index (χ4v) is 3.44. The fourth-order valence-electron chi connectivity index (χ4n) is 2.74. The van der Waals surface area contributed by atoms with E-state index < -0.39 is 6.04 Å². The number of hydrogen-bond acceptors (Lipinski definition) is 6. The summed E-state index contributed by atoms with van der Waals surface area (Å²) in [7, 11) is 2.07. The van der Waals surface area contributed by atoms with Crippen LogP contribution in [0, 0.1) is 0 Å². The first kappa shape index (κ1) is 16.4. The molecule has 2 aliphatic rings. The Balaban J connectivity index is 1.63. The molecule has 1 aromatic rings. The van der Waals surface area contributed by atoms with E-state index in [9.17, 15) is 9.59 Å². The van der Waals surface area contributed by atoms with Crippen LogP contribution in [0.1, 0.15) is 4.88 Å². The molecular weight excluding hydrogens is 316 g/mol. The molecule has 0 spiro atoms. The van der Waals surface area contributed by atoms with Gasteiger partial charge in [-0.25, -0.2) is 5.01 Å². The van der Waals surface area contributed by atoms with E-state index >= 15 is 0 Å². The van der Waals surface area contributed by atoms with Gasteiger partial charge in [0.05, 0.1) is 13.2 Å². The van der Waals surface area contributed by atoms with Crippen molar-refractivity contribution in [1.82, 2.24) is 20.2 Å². The van der Waals surface area contributed by atoms with E-state index in [1.165, 1.54) is 0 Å². The molecule has 1 aromatic heterocycles. The summed E-state index contributed by atoms with van der Waals surface area (Å²) in [4.78, 5) is 29.7. The maximum absolute atomic E-state index is 12.6. The summed E-state index contributed by atoms with van der Waals surface area (Å²) in [6, 6.07) is 3.35. The van der Waals surface area contributed by atoms with Gasteiger partial charge in [0, 0.05) is 31.1 Å². The zero-order valence-corrected chi connectivity index (χ0v) is 14.1. The van der Waals surface area contributed by atoms with Crippen LogP contribution in [0.4, 0.5) is 0 Å². The third-order valence-electron chi connectivity index (χ3n) is 4.18. The molecule has 0 unspecified atom stereocenters. The van der Waals surface area contributed by atoms with Gasteiger partial charge in [-0.1, -0.05) is 6.07 Å². The molecule has 2 fully saturated rings. The lowest BCUT2D eigenvalue weighted by Gasteiger charge is -2.37. The first-order valence-electron chi connectivity index (χ1n) is 7.77. The van der Waals surface area contributed by atoms with Crippen LogP contribution in [-0.2, 0) is 20.9 Å². The number of ether oxygens (including phenoxy) is 1. The van der Waals surface area contributed by atoms with Gasteiger partial charge in [-0.15, -0.1) is 11.3 Å². The number of nitrogens with one attached hydrogen (secondary N) is 1. The number of nitrogens with zero attached hydrogens (tertiary/aromatic N) is 3. The number of hydrazine groups is 1. The molecule has 0 aliphatic carbocycles. The predicted molar refractivity (Wildman–Crippen MR) is 86.7 cm³/mol. The number of morpholine rings is 1. The summed E-state index contributed by atoms with van der Waals surface area (Å²) >= 11 is 1.59. The molecule has 2 saturated heterocycles. The van der Waals surface area contributed by atoms with E-state index in [1.807, 2.05) is 22.5 Å². The van der Waals surface area contributed by atoms with Crippen molar-refractivity contribution < 1.29 is 14.3 Å². The van der Waals surface area contributed by atoms with E-state index in [1.54, 1.807) is 16.2 Å². The van der Waals surface area contributed by atoms with Gasteiger partial charge in [0.2, 0.25) is 5.91 Å². The van der Waals surface area contributed by atoms with Crippen LogP contribution in [0.5, 0.6) is 0 Å². The van der Waals surface area contributed by atoms with Crippen molar-refractivity contribution >= 4 is 23.2 Å². The van der Waals surface area contributed by atoms with Crippen molar-refractivity contribution in [2.45, 2.75) is 12.6 Å². The predicted octanol–water partition coefficient (Wildman–Crippen LogP) is -0.246. The standard InChI is InChI=1S/C15H22N4O3S/c1-17-4-6-18(7-5-17)16-15(21)13-10-22-11-14(20)19(13)9-12-3-2-8-23-12/h2-3,8,13H,4-7,9-11H2,1H3,(H,16,21)/t13-/m0/s1. The Labute approximate surface area is 139 Å². The Hall–Kier alpha value is -1.48. The molecule has 8 heteroatoms. The zero-order valence-electron chi connectivity index (χ0n) is 13.2. The van der Waals surface area contributed by atoms with Gasteiger partial charge in [-0.2, -0.15) is 0 Å². The Morgan fingerprint density at radius 1 is 1.39 bits per heavy atom. The molecule has 2 aliphatic heterocycles. The SMILES string of the molecule is CN1CCN(NC(=O)[C@@H]2COCC(=O)N2Cc2cccs2)CC1. The summed E-state index contributed by atoms with van der Waals surface area (Å²) in [5.74, 6) is -0.303. The highest BCUT2D eigenvalue weighted by atomic mass is 32.1. The molecule has 1 N–H and O–H groups in total. The number of amides is 2. The maximum Gasteiger partial charge on any atom is 0.259 e. The van der Waals surface area contributed by atoms with E-state index in [-0.39, 0.29) is 25.0 Å². The summed E-state index contributed by atoms with van der Waals surface area (Å²) < 4.78 is 5.30. The number of rotatable bonds is 4. The van der Waals surface area contributed by atoms with Gasteiger partial charge in [-0.3, -0.25) is 15.0 Å². The van der Waals surface area contributed by atoms with Crippen molar-refractivity contribution in [1.29, 1.82) is 0 Å². The monoisotopic (exact) mass is 338 g/mol. The summed E-state index contributed by atoms with van der Waals surface area (Å²) in [5, 5.41) is 3.89. The maximum atomic E-state index is 12.6. The first-order valence-corrected chi connectivity index (χ1v) is 8.65. The molecule has 7 nitrogen and oxygen atoms in total. The minimum atomic E-state index is -0.571. The molecule has 0 radical (unpaired) electrons. The minimum absolute atomic E-state index is 0.0453. The second-order valence-corrected chi connectivity index (χ2v) is 6.93. The van der Waals surface area contributed by atoms with Crippen molar-refractivity contribution in [3.63, 3.8) is 0 Å². The van der Waals surface area contributed by atoms with E-state index in [0.717, 1.165) is 31.1 Å². The lowest BCUT2D eigenvalue weighted by Crippen LogP contribution is -2.60. The number of piperazine rings is 1. The first-order chi connectivity index (χ1) is 11.1. The van der Waals surface area contributed by atoms with Crippen LogP contribution >= 0.6 is 11.3 Å². The third-order valence-corrected chi connectivity index (χ3v) is 5.04. The fraction of sp³-hybridized carbons (Fsp3) is 0.600. The smallest absolute Gasteiger partial charge is 0.259 e. The minimum Gasteiger partial charge on any atom is -0.369 e. The lowest BCUT2D eigenvalue weighted by molar-refractivity contribution is -0.157. The molecule has 23 heavy (non-hydrogen) atoms. The number of likely N-dealkylation sites (N-methyl/N-ethyl adjacent to an activating group) is 1. The summed E-state index contributed by atoms with van der Waals surface area (Å²) in [6.45, 7) is 4.16. The quantitative estimate of drug-likeness (QED) is 0.820. The van der Waals surface area contributed by atoms with Crippen LogP contribution in [0.15, 0.2) is 17.5 Å². The van der Waals surface area contributed by atoms with Crippen molar-refractivity contribution in [2.75, 3.05) is 46.4 Å². The van der Waals surface area contributed by atoms with E-state index in [2.05, 4.69) is 17.4 Å². The molecule has 0 aromatic carbocycles. The lowest BCUT2D eigenvalue weighted by atomic mass is 10.2. The molecule has 126 valence electrons. The summed E-state index contributed by atoms with van der Waals surface area (Å²) in [5.41, 5.74) is 2.94. The highest BCUT2D eigenvalue weighted by Gasteiger charge is 2.35. The van der Waals surface area contributed by atoms with Crippen LogP contribution in [0.25, 0.3) is 0 Å². The molecule has 3 heterocycles. The number of carbonyl (C=O) groups is 2. The van der Waals surface area contributed by atoms with Crippen LogP contribution in [0.3, 0.4) is 0 Å². The summed E-state index contributed by atoms with van der Waals surface area (Å²) in [6.07, 6.45) is 0. The van der Waals surface area contributed by atoms with Gasteiger partial charge >= 0.3 is 0 Å². The normalized spacial score (nSPS) is 24.0. The van der Waals surface area contributed by atoms with E-state index in [4.69, 9.17) is 4.74 Å². The van der Waals surface area contributed by atoms with Crippen LogP contribution in [0.2, 0.25) is 0 Å². The largest absolute Gasteiger partial charge is 0.369 e. The topological polar surface area (TPSA) is 65.1 Å². The third kappa shape index (κ3) is 4.08. The van der Waals surface area contributed by atoms with Crippen LogP contribution < -0.4 is 5.43 Å². The average molecular weight is 338 g/mol. The number of carbonyl (C=O) groups excluding carboxylic acids is 2. The Morgan fingerprint density at radius 2 is 2.17 bits per heavy atom. The van der Waals surface area contributed by atoms with Crippen molar-refractivity contribution in [2.24, 2.45) is 0 Å². The molecule has 2 amide bonds. The number of hydrogen-bond donors (Lipinski definition) is 1. The second kappa shape index (κ2) is 7.39. The van der Waals surface area contributed by atoms with Gasteiger partial charge in [-0.05, 0) is 18.5 Å². The molecule has 0 saturated carbocycles. The van der Waals surface area contributed by atoms with E-state index in [0.29, 0.717) is 6.54 Å². The molecular formula is C15H22N4O3S. The highest BCUT2D eigenvalue weighted by molar-refractivity contribution is 7.09. The Kier molecular flexibility index (Phi) is 5.27. The number of thiophene rings is 1. The Morgan fingerprint density at radius 3 is 2.87 bits per heavy atom. The Bertz CT molecular complexity index is 543. The molecule has 0 bridgehead atoms. The van der Waals surface area contributed by atoms with Gasteiger partial charge in [0.25, 0.3) is 5.91 Å².